The van der Waals surface area contributed by atoms with Gasteiger partial charge in [0.25, 0.3) is 0 Å². The summed E-state index contributed by atoms with van der Waals surface area (Å²) in [5.41, 5.74) is 1.22. The molecule has 0 bridgehead atoms. The highest BCUT2D eigenvalue weighted by atomic mass is 79.9. The van der Waals surface area contributed by atoms with E-state index in [0.717, 1.165) is 5.56 Å². The minimum atomic E-state index is -0.554. The Kier molecular flexibility index (Phi) is 5.47. The number of benzene rings is 2. The molecule has 2 aromatic rings. The zero-order valence-electron chi connectivity index (χ0n) is 11.5. The lowest BCUT2D eigenvalue weighted by atomic mass is 9.98. The van der Waals surface area contributed by atoms with E-state index < -0.39 is 6.04 Å². The van der Waals surface area contributed by atoms with Crippen molar-refractivity contribution in [3.05, 3.63) is 69.9 Å². The van der Waals surface area contributed by atoms with E-state index in [1.807, 2.05) is 30.3 Å². The van der Waals surface area contributed by atoms with Gasteiger partial charge in [-0.05, 0) is 17.7 Å². The molecule has 0 saturated heterocycles. The van der Waals surface area contributed by atoms with Gasteiger partial charge in [0.05, 0.1) is 6.04 Å². The number of hydrogen-bond acceptors (Lipinski definition) is 2. The molecule has 0 fully saturated rings. The summed E-state index contributed by atoms with van der Waals surface area (Å²) in [5.74, 6) is -0.676. The molecule has 1 atom stereocenters. The van der Waals surface area contributed by atoms with Gasteiger partial charge in [-0.3, -0.25) is 4.79 Å². The number of carbonyl (C=O) groups is 1. The number of amides is 1. The van der Waals surface area contributed by atoms with Crippen LogP contribution in [0.1, 0.15) is 17.2 Å². The highest BCUT2D eigenvalue weighted by Crippen LogP contribution is 2.26. The second-order valence-corrected chi connectivity index (χ2v) is 5.43. The van der Waals surface area contributed by atoms with Crippen molar-refractivity contribution < 1.29 is 13.9 Å². The van der Waals surface area contributed by atoms with Crippen LogP contribution in [0.5, 0.6) is 0 Å². The van der Waals surface area contributed by atoms with E-state index in [1.54, 1.807) is 12.1 Å². The zero-order chi connectivity index (χ0) is 15.2. The minimum absolute atomic E-state index is 0.0680. The molecule has 2 rings (SSSR count). The lowest BCUT2D eigenvalue weighted by Crippen LogP contribution is -2.32. The molecule has 0 aliphatic heterocycles. The Labute approximate surface area is 131 Å². The highest BCUT2D eigenvalue weighted by Gasteiger charge is 2.20. The molecule has 1 N–H and O–H groups in total. The van der Waals surface area contributed by atoms with Crippen LogP contribution in [-0.2, 0) is 9.53 Å². The van der Waals surface area contributed by atoms with Crippen LogP contribution in [0.2, 0.25) is 0 Å². The number of ether oxygens (including phenoxy) is 1. The van der Waals surface area contributed by atoms with Crippen LogP contribution in [-0.4, -0.2) is 19.6 Å². The van der Waals surface area contributed by atoms with E-state index in [1.165, 1.54) is 13.2 Å². The lowest BCUT2D eigenvalue weighted by molar-refractivity contribution is -0.125. The standard InChI is InChI=1S/C16H15BrFNO2/c1-21-10-15(20)19-16(11-5-3-2-4-6-11)13-8-7-12(17)9-14(13)18/h2-9,16H,10H2,1H3,(H,19,20). The van der Waals surface area contributed by atoms with Crippen molar-refractivity contribution in [1.29, 1.82) is 0 Å². The van der Waals surface area contributed by atoms with E-state index in [-0.39, 0.29) is 18.3 Å². The van der Waals surface area contributed by atoms with Crippen LogP contribution in [0.3, 0.4) is 0 Å². The van der Waals surface area contributed by atoms with Crippen LogP contribution in [0.25, 0.3) is 0 Å². The smallest absolute Gasteiger partial charge is 0.246 e. The van der Waals surface area contributed by atoms with Gasteiger partial charge in [0.15, 0.2) is 0 Å². The minimum Gasteiger partial charge on any atom is -0.375 e. The Balaban J connectivity index is 2.38. The molecule has 0 heterocycles. The van der Waals surface area contributed by atoms with Gasteiger partial charge in [-0.1, -0.05) is 52.3 Å². The summed E-state index contributed by atoms with van der Waals surface area (Å²) in [6.07, 6.45) is 0. The average molecular weight is 352 g/mol. The first-order valence-electron chi connectivity index (χ1n) is 6.40. The maximum absolute atomic E-state index is 14.2. The van der Waals surface area contributed by atoms with Gasteiger partial charge in [-0.2, -0.15) is 0 Å². The Morgan fingerprint density at radius 2 is 2.00 bits per heavy atom. The van der Waals surface area contributed by atoms with Crippen molar-refractivity contribution >= 4 is 21.8 Å². The molecule has 21 heavy (non-hydrogen) atoms. The van der Waals surface area contributed by atoms with Crippen LogP contribution in [0.15, 0.2) is 53.0 Å². The van der Waals surface area contributed by atoms with E-state index in [2.05, 4.69) is 21.2 Å². The fourth-order valence-corrected chi connectivity index (χ4v) is 2.39. The molecule has 5 heteroatoms. The van der Waals surface area contributed by atoms with Crippen molar-refractivity contribution in [2.75, 3.05) is 13.7 Å². The molecule has 0 aromatic heterocycles. The lowest BCUT2D eigenvalue weighted by Gasteiger charge is -2.20. The number of halogens is 2. The summed E-state index contributed by atoms with van der Waals surface area (Å²) in [7, 11) is 1.44. The van der Waals surface area contributed by atoms with Crippen LogP contribution in [0.4, 0.5) is 4.39 Å². The van der Waals surface area contributed by atoms with Gasteiger partial charge < -0.3 is 10.1 Å². The third-order valence-electron chi connectivity index (χ3n) is 2.99. The van der Waals surface area contributed by atoms with Crippen molar-refractivity contribution in [2.45, 2.75) is 6.04 Å². The summed E-state index contributed by atoms with van der Waals surface area (Å²) in [6, 6.07) is 13.5. The number of nitrogens with one attached hydrogen (secondary N) is 1. The van der Waals surface area contributed by atoms with Crippen molar-refractivity contribution in [3.8, 4) is 0 Å². The summed E-state index contributed by atoms with van der Waals surface area (Å²) in [6.45, 7) is -0.0680. The van der Waals surface area contributed by atoms with E-state index in [9.17, 15) is 9.18 Å². The summed E-state index contributed by atoms with van der Waals surface area (Å²) in [4.78, 5) is 11.8. The first kappa shape index (κ1) is 15.7. The Morgan fingerprint density at radius 3 is 2.62 bits per heavy atom. The first-order chi connectivity index (χ1) is 10.1. The molecule has 110 valence electrons. The summed E-state index contributed by atoms with van der Waals surface area (Å²) in [5, 5.41) is 2.79. The molecule has 1 unspecified atom stereocenters. The van der Waals surface area contributed by atoms with Gasteiger partial charge in [-0.25, -0.2) is 4.39 Å². The van der Waals surface area contributed by atoms with Gasteiger partial charge in [0, 0.05) is 17.1 Å². The van der Waals surface area contributed by atoms with Gasteiger partial charge in [0.2, 0.25) is 5.91 Å². The summed E-state index contributed by atoms with van der Waals surface area (Å²) < 4.78 is 19.7. The topological polar surface area (TPSA) is 38.3 Å². The average Bonchev–Trinajstić information content (AvgIpc) is 2.47. The third kappa shape index (κ3) is 4.12. The Bertz CT molecular complexity index is 619. The second kappa shape index (κ2) is 7.33. The van der Waals surface area contributed by atoms with Gasteiger partial charge >= 0.3 is 0 Å². The maximum Gasteiger partial charge on any atom is 0.246 e. The van der Waals surface area contributed by atoms with Crippen molar-refractivity contribution in [2.24, 2.45) is 0 Å². The zero-order valence-corrected chi connectivity index (χ0v) is 13.1. The molecule has 2 aromatic carbocycles. The predicted octanol–water partition coefficient (Wildman–Crippen LogP) is 3.44. The quantitative estimate of drug-likeness (QED) is 0.895. The molecule has 0 radical (unpaired) electrons. The SMILES string of the molecule is COCC(=O)NC(c1ccccc1)c1ccc(Br)cc1F. The number of carbonyl (C=O) groups excluding carboxylic acids is 1. The molecule has 3 nitrogen and oxygen atoms in total. The molecule has 0 saturated carbocycles. The molecule has 0 aliphatic rings. The first-order valence-corrected chi connectivity index (χ1v) is 7.19. The van der Waals surface area contributed by atoms with Gasteiger partial charge in [-0.15, -0.1) is 0 Å². The largest absolute Gasteiger partial charge is 0.375 e. The fourth-order valence-electron chi connectivity index (χ4n) is 2.06. The van der Waals surface area contributed by atoms with E-state index >= 15 is 0 Å². The Hall–Kier alpha value is -1.72. The normalized spacial score (nSPS) is 12.0. The summed E-state index contributed by atoms with van der Waals surface area (Å²) >= 11 is 3.23. The number of methoxy groups -OCH3 is 1. The number of rotatable bonds is 5. The van der Waals surface area contributed by atoms with Crippen molar-refractivity contribution in [1.82, 2.24) is 5.32 Å². The highest BCUT2D eigenvalue weighted by molar-refractivity contribution is 9.10. The fraction of sp³-hybridized carbons (Fsp3) is 0.188. The third-order valence-corrected chi connectivity index (χ3v) is 3.48. The molecular formula is C16H15BrFNO2. The van der Waals surface area contributed by atoms with E-state index in [4.69, 9.17) is 4.74 Å². The van der Waals surface area contributed by atoms with Crippen molar-refractivity contribution in [3.63, 3.8) is 0 Å². The van der Waals surface area contributed by atoms with Crippen LogP contribution >= 0.6 is 15.9 Å². The maximum atomic E-state index is 14.2. The van der Waals surface area contributed by atoms with Crippen LogP contribution in [0, 0.1) is 5.82 Å². The Morgan fingerprint density at radius 1 is 1.29 bits per heavy atom. The predicted molar refractivity (Wildman–Crippen MR) is 82.4 cm³/mol. The van der Waals surface area contributed by atoms with Gasteiger partial charge in [0.1, 0.15) is 12.4 Å². The molecular weight excluding hydrogens is 337 g/mol. The molecule has 1 amide bonds. The van der Waals surface area contributed by atoms with E-state index in [0.29, 0.717) is 10.0 Å². The second-order valence-electron chi connectivity index (χ2n) is 4.51. The monoisotopic (exact) mass is 351 g/mol. The molecule has 0 aliphatic carbocycles. The molecule has 0 spiro atoms. The number of hydrogen-bond donors (Lipinski definition) is 1. The van der Waals surface area contributed by atoms with Crippen LogP contribution < -0.4 is 5.32 Å².